The van der Waals surface area contributed by atoms with E-state index in [1.54, 1.807) is 0 Å². The lowest BCUT2D eigenvalue weighted by atomic mass is 9.95. The Labute approximate surface area is 111 Å². The summed E-state index contributed by atoms with van der Waals surface area (Å²) in [5.74, 6) is -0.0911. The van der Waals surface area contributed by atoms with Gasteiger partial charge in [-0.15, -0.1) is 11.6 Å². The molecule has 2 N–H and O–H groups in total. The van der Waals surface area contributed by atoms with E-state index in [4.69, 9.17) is 11.6 Å². The lowest BCUT2D eigenvalue weighted by Gasteiger charge is -2.28. The third-order valence-corrected chi connectivity index (χ3v) is 4.15. The van der Waals surface area contributed by atoms with Crippen molar-refractivity contribution in [3.63, 3.8) is 0 Å². The summed E-state index contributed by atoms with van der Waals surface area (Å²) in [6, 6.07) is -0.211. The van der Waals surface area contributed by atoms with Crippen molar-refractivity contribution in [2.75, 3.05) is 12.1 Å². The first kappa shape index (κ1) is 14.6. The van der Waals surface area contributed by atoms with Crippen LogP contribution in [0.25, 0.3) is 0 Å². The van der Waals surface area contributed by atoms with Crippen molar-refractivity contribution in [3.8, 4) is 0 Å². The predicted molar refractivity (Wildman–Crippen MR) is 71.6 cm³/mol. The number of alkyl halides is 1. The molecule has 1 fully saturated rings. The summed E-state index contributed by atoms with van der Waals surface area (Å²) < 4.78 is 0. The number of hydrogen-bond acceptors (Lipinski definition) is 3. The average Bonchev–Trinajstić information content (AvgIpc) is 2.29. The van der Waals surface area contributed by atoms with Crippen molar-refractivity contribution >= 4 is 35.3 Å². The third kappa shape index (κ3) is 5.64. The molecule has 0 saturated heterocycles. The van der Waals surface area contributed by atoms with E-state index in [1.165, 1.54) is 6.42 Å². The quantitative estimate of drug-likeness (QED) is 0.775. The largest absolute Gasteiger partial charge is 0.335 e. The monoisotopic (exact) mass is 278 g/mol. The van der Waals surface area contributed by atoms with Crippen LogP contribution in [-0.2, 0) is 4.79 Å². The third-order valence-electron chi connectivity index (χ3n) is 2.87. The molecule has 0 bridgehead atoms. The molecule has 2 atom stereocenters. The number of carbonyl (C=O) groups is 2. The highest BCUT2D eigenvalue weighted by Crippen LogP contribution is 2.26. The number of nitrogens with one attached hydrogen (secondary N) is 2. The van der Waals surface area contributed by atoms with E-state index in [-0.39, 0.29) is 24.2 Å². The molecule has 0 spiro atoms. The van der Waals surface area contributed by atoms with Crippen LogP contribution in [-0.4, -0.2) is 35.4 Å². The normalized spacial score (nSPS) is 24.1. The lowest BCUT2D eigenvalue weighted by Crippen LogP contribution is -2.46. The summed E-state index contributed by atoms with van der Waals surface area (Å²) in [5, 5.41) is 5.74. The summed E-state index contributed by atoms with van der Waals surface area (Å²) in [6.45, 7) is 0. The standard InChI is InChI=1S/C11H19ClN2O2S/c1-17-9-4-2-3-8(7-9)13-11(16)14-10(15)5-6-12/h8-9H,2-7H2,1H3,(H2,13,14,15,16). The highest BCUT2D eigenvalue weighted by Gasteiger charge is 2.22. The van der Waals surface area contributed by atoms with Gasteiger partial charge in [0.1, 0.15) is 0 Å². The van der Waals surface area contributed by atoms with Crippen molar-refractivity contribution in [1.29, 1.82) is 0 Å². The number of thioether (sulfide) groups is 1. The van der Waals surface area contributed by atoms with Crippen LogP contribution in [0, 0.1) is 0 Å². The van der Waals surface area contributed by atoms with E-state index in [1.807, 2.05) is 11.8 Å². The molecule has 1 aliphatic carbocycles. The van der Waals surface area contributed by atoms with Gasteiger partial charge in [0, 0.05) is 23.6 Å². The summed E-state index contributed by atoms with van der Waals surface area (Å²) in [5.41, 5.74) is 0. The Bertz CT molecular complexity index is 276. The molecule has 0 aromatic heterocycles. The van der Waals surface area contributed by atoms with Crippen LogP contribution in [0.5, 0.6) is 0 Å². The van der Waals surface area contributed by atoms with Crippen LogP contribution in [0.15, 0.2) is 0 Å². The second-order valence-electron chi connectivity index (χ2n) is 4.18. The van der Waals surface area contributed by atoms with E-state index >= 15 is 0 Å². The van der Waals surface area contributed by atoms with Gasteiger partial charge in [-0.05, 0) is 25.5 Å². The molecule has 0 radical (unpaired) electrons. The molecule has 0 aromatic carbocycles. The smallest absolute Gasteiger partial charge is 0.321 e. The molecule has 98 valence electrons. The van der Waals surface area contributed by atoms with Gasteiger partial charge in [0.2, 0.25) is 5.91 Å². The second kappa shape index (κ2) is 7.82. The maximum atomic E-state index is 11.5. The minimum absolute atomic E-state index is 0.174. The van der Waals surface area contributed by atoms with Crippen LogP contribution < -0.4 is 10.6 Å². The Hall–Kier alpha value is -0.420. The number of urea groups is 1. The van der Waals surface area contributed by atoms with E-state index in [0.717, 1.165) is 19.3 Å². The molecule has 2 unspecified atom stereocenters. The molecule has 0 heterocycles. The van der Waals surface area contributed by atoms with Gasteiger partial charge in [0.25, 0.3) is 0 Å². The van der Waals surface area contributed by atoms with Gasteiger partial charge in [-0.3, -0.25) is 10.1 Å². The number of hydrogen-bond donors (Lipinski definition) is 2. The summed E-state index contributed by atoms with van der Waals surface area (Å²) in [6.07, 6.45) is 6.59. The number of rotatable bonds is 4. The molecule has 3 amide bonds. The fourth-order valence-electron chi connectivity index (χ4n) is 1.99. The van der Waals surface area contributed by atoms with Crippen molar-refractivity contribution in [2.24, 2.45) is 0 Å². The van der Waals surface area contributed by atoms with Crippen LogP contribution >= 0.6 is 23.4 Å². The van der Waals surface area contributed by atoms with Crippen LogP contribution in [0.1, 0.15) is 32.1 Å². The molecular formula is C11H19ClN2O2S. The Morgan fingerprint density at radius 3 is 2.82 bits per heavy atom. The Morgan fingerprint density at radius 2 is 2.18 bits per heavy atom. The van der Waals surface area contributed by atoms with E-state index in [0.29, 0.717) is 5.25 Å². The number of amides is 3. The molecule has 1 rings (SSSR count). The summed E-state index contributed by atoms with van der Waals surface area (Å²) >= 11 is 7.26. The molecule has 6 heteroatoms. The molecule has 0 aromatic rings. The highest BCUT2D eigenvalue weighted by atomic mass is 35.5. The SMILES string of the molecule is CSC1CCCC(NC(=O)NC(=O)CCCl)C1. The van der Waals surface area contributed by atoms with Gasteiger partial charge in [-0.25, -0.2) is 4.79 Å². The topological polar surface area (TPSA) is 58.2 Å². The number of halogens is 1. The minimum Gasteiger partial charge on any atom is -0.335 e. The van der Waals surface area contributed by atoms with Gasteiger partial charge < -0.3 is 5.32 Å². The Kier molecular flexibility index (Phi) is 6.73. The zero-order valence-corrected chi connectivity index (χ0v) is 11.6. The van der Waals surface area contributed by atoms with Crippen LogP contribution in [0.4, 0.5) is 4.79 Å². The van der Waals surface area contributed by atoms with Gasteiger partial charge in [0.05, 0.1) is 0 Å². The lowest BCUT2D eigenvalue weighted by molar-refractivity contribution is -0.119. The van der Waals surface area contributed by atoms with Crippen molar-refractivity contribution in [1.82, 2.24) is 10.6 Å². The summed E-state index contributed by atoms with van der Waals surface area (Å²) in [7, 11) is 0. The van der Waals surface area contributed by atoms with Crippen molar-refractivity contribution < 1.29 is 9.59 Å². The van der Waals surface area contributed by atoms with E-state index in [2.05, 4.69) is 16.9 Å². The van der Waals surface area contributed by atoms with Crippen molar-refractivity contribution in [2.45, 2.75) is 43.4 Å². The maximum absolute atomic E-state index is 11.5. The van der Waals surface area contributed by atoms with Crippen LogP contribution in [0.3, 0.4) is 0 Å². The minimum atomic E-state index is -0.396. The first-order valence-electron chi connectivity index (χ1n) is 5.84. The highest BCUT2D eigenvalue weighted by molar-refractivity contribution is 7.99. The number of imide groups is 1. The maximum Gasteiger partial charge on any atom is 0.321 e. The summed E-state index contributed by atoms with van der Waals surface area (Å²) in [4.78, 5) is 22.7. The number of carbonyl (C=O) groups excluding carboxylic acids is 2. The zero-order chi connectivity index (χ0) is 12.7. The molecule has 17 heavy (non-hydrogen) atoms. The van der Waals surface area contributed by atoms with E-state index < -0.39 is 6.03 Å². The predicted octanol–water partition coefficient (Wildman–Crippen LogP) is 2.12. The second-order valence-corrected chi connectivity index (χ2v) is 5.70. The molecule has 1 aliphatic rings. The fourth-order valence-corrected chi connectivity index (χ4v) is 2.99. The molecular weight excluding hydrogens is 260 g/mol. The van der Waals surface area contributed by atoms with Crippen LogP contribution in [0.2, 0.25) is 0 Å². The van der Waals surface area contributed by atoms with Gasteiger partial charge in [0.15, 0.2) is 0 Å². The Balaban J connectivity index is 2.28. The average molecular weight is 279 g/mol. The molecule has 1 saturated carbocycles. The van der Waals surface area contributed by atoms with Gasteiger partial charge >= 0.3 is 6.03 Å². The Morgan fingerprint density at radius 1 is 1.41 bits per heavy atom. The molecule has 0 aliphatic heterocycles. The fraction of sp³-hybridized carbons (Fsp3) is 0.818. The first-order chi connectivity index (χ1) is 8.15. The van der Waals surface area contributed by atoms with E-state index in [9.17, 15) is 9.59 Å². The first-order valence-corrected chi connectivity index (χ1v) is 7.67. The molecule has 4 nitrogen and oxygen atoms in total. The van der Waals surface area contributed by atoms with Gasteiger partial charge in [-0.1, -0.05) is 6.42 Å². The zero-order valence-electron chi connectivity index (χ0n) is 10.0. The van der Waals surface area contributed by atoms with Gasteiger partial charge in [-0.2, -0.15) is 11.8 Å². The van der Waals surface area contributed by atoms with Crippen molar-refractivity contribution in [3.05, 3.63) is 0 Å².